The van der Waals surface area contributed by atoms with E-state index >= 15 is 0 Å². The molecule has 0 aliphatic heterocycles. The van der Waals surface area contributed by atoms with Gasteiger partial charge in [0, 0.05) is 15.8 Å². The van der Waals surface area contributed by atoms with Crippen LogP contribution in [-0.4, -0.2) is 31.6 Å². The Balaban J connectivity index is 1.51. The lowest BCUT2D eigenvalue weighted by molar-refractivity contribution is 0.0600. The van der Waals surface area contributed by atoms with E-state index in [0.717, 1.165) is 15.6 Å². The van der Waals surface area contributed by atoms with Gasteiger partial charge < -0.3 is 19.9 Å². The van der Waals surface area contributed by atoms with Gasteiger partial charge in [-0.3, -0.25) is 10.7 Å². The van der Waals surface area contributed by atoms with Crippen molar-refractivity contribution in [3.63, 3.8) is 0 Å². The Morgan fingerprint density at radius 2 is 1.80 bits per heavy atom. The van der Waals surface area contributed by atoms with Gasteiger partial charge in [-0.05, 0) is 42.0 Å². The van der Waals surface area contributed by atoms with Crippen molar-refractivity contribution in [2.24, 2.45) is 5.73 Å². The van der Waals surface area contributed by atoms with Crippen molar-refractivity contribution in [1.82, 2.24) is 0 Å². The zero-order valence-corrected chi connectivity index (χ0v) is 19.6. The molecule has 0 aliphatic rings. The van der Waals surface area contributed by atoms with Crippen molar-refractivity contribution in [2.45, 2.75) is 6.10 Å². The van der Waals surface area contributed by atoms with Gasteiger partial charge in [0.1, 0.15) is 18.2 Å². The largest absolute Gasteiger partial charge is 0.481 e. The molecule has 0 saturated carbocycles. The molecular formula is C26H23N3O5S. The normalized spacial score (nSPS) is 11.5. The minimum Gasteiger partial charge on any atom is -0.481 e. The number of hydrogen-bond donors (Lipinski definition) is 3. The van der Waals surface area contributed by atoms with Crippen molar-refractivity contribution in [1.29, 1.82) is 5.41 Å². The highest BCUT2D eigenvalue weighted by Gasteiger charge is 2.19. The van der Waals surface area contributed by atoms with Crippen molar-refractivity contribution < 1.29 is 23.8 Å². The zero-order chi connectivity index (χ0) is 24.8. The van der Waals surface area contributed by atoms with E-state index in [2.05, 4.69) is 5.32 Å². The number of carbonyl (C=O) groups is 2. The average Bonchev–Trinajstić information content (AvgIpc) is 3.32. The molecular weight excluding hydrogens is 466 g/mol. The summed E-state index contributed by atoms with van der Waals surface area (Å²) in [7, 11) is 1.29. The maximum atomic E-state index is 12.5. The van der Waals surface area contributed by atoms with Gasteiger partial charge in [-0.2, -0.15) is 0 Å². The number of benzene rings is 3. The molecule has 0 bridgehead atoms. The van der Waals surface area contributed by atoms with Gasteiger partial charge in [0.25, 0.3) is 0 Å². The lowest BCUT2D eigenvalue weighted by Gasteiger charge is -2.20. The van der Waals surface area contributed by atoms with Crippen LogP contribution in [0.4, 0.5) is 10.5 Å². The molecule has 1 unspecified atom stereocenters. The Labute approximate surface area is 205 Å². The highest BCUT2D eigenvalue weighted by Crippen LogP contribution is 2.35. The first kappa shape index (κ1) is 23.8. The lowest BCUT2D eigenvalue weighted by Crippen LogP contribution is -2.21. The molecule has 1 heterocycles. The SMILES string of the molecule is COC(=O)c1cccc(NC(=O)OCC(Oc2cccc3sc(C(=N)N)cc23)c2ccccc2)c1. The molecule has 4 rings (SSSR count). The van der Waals surface area contributed by atoms with Gasteiger partial charge in [-0.15, -0.1) is 11.3 Å². The number of fused-ring (bicyclic) bond motifs is 1. The lowest BCUT2D eigenvalue weighted by atomic mass is 10.1. The number of methoxy groups -OCH3 is 1. The number of rotatable bonds is 8. The van der Waals surface area contributed by atoms with Gasteiger partial charge >= 0.3 is 12.1 Å². The van der Waals surface area contributed by atoms with Gasteiger partial charge in [0.05, 0.1) is 17.6 Å². The van der Waals surface area contributed by atoms with E-state index in [9.17, 15) is 9.59 Å². The zero-order valence-electron chi connectivity index (χ0n) is 18.8. The van der Waals surface area contributed by atoms with Crippen LogP contribution in [0.2, 0.25) is 0 Å². The molecule has 3 aromatic carbocycles. The third kappa shape index (κ3) is 5.77. The summed E-state index contributed by atoms with van der Waals surface area (Å²) in [5.41, 5.74) is 7.19. The Bertz CT molecular complexity index is 1370. The molecule has 4 N–H and O–H groups in total. The van der Waals surface area contributed by atoms with Crippen LogP contribution in [0.25, 0.3) is 10.1 Å². The van der Waals surface area contributed by atoms with Crippen LogP contribution < -0.4 is 15.8 Å². The van der Waals surface area contributed by atoms with Crippen LogP contribution in [-0.2, 0) is 9.47 Å². The maximum absolute atomic E-state index is 12.5. The van der Waals surface area contributed by atoms with Gasteiger partial charge in [-0.1, -0.05) is 42.5 Å². The first-order valence-corrected chi connectivity index (χ1v) is 11.5. The number of anilines is 1. The third-order valence-corrected chi connectivity index (χ3v) is 6.26. The van der Waals surface area contributed by atoms with Crippen LogP contribution >= 0.6 is 11.3 Å². The molecule has 1 aromatic heterocycles. The van der Waals surface area contributed by atoms with Crippen molar-refractivity contribution in [3.8, 4) is 5.75 Å². The summed E-state index contributed by atoms with van der Waals surface area (Å²) in [5, 5.41) is 11.2. The fraction of sp³-hybridized carbons (Fsp3) is 0.115. The highest BCUT2D eigenvalue weighted by atomic mass is 32.1. The van der Waals surface area contributed by atoms with Gasteiger partial charge in [-0.25, -0.2) is 9.59 Å². The molecule has 0 spiro atoms. The second-order valence-corrected chi connectivity index (χ2v) is 8.59. The predicted molar refractivity (Wildman–Crippen MR) is 135 cm³/mol. The summed E-state index contributed by atoms with van der Waals surface area (Å²) in [6.45, 7) is -0.0629. The Morgan fingerprint density at radius 1 is 1.03 bits per heavy atom. The standard InChI is InChI=1S/C26H23N3O5S/c1-32-25(30)17-9-5-10-18(13-17)29-26(31)33-15-21(16-7-3-2-4-8-16)34-20-11-6-12-22-19(20)14-23(35-22)24(27)28/h2-14,21H,15H2,1H3,(H3,27,28)(H,29,31). The Morgan fingerprint density at radius 3 is 2.54 bits per heavy atom. The van der Waals surface area contributed by atoms with E-state index in [1.807, 2.05) is 54.6 Å². The number of nitrogens with one attached hydrogen (secondary N) is 2. The summed E-state index contributed by atoms with van der Waals surface area (Å²) in [4.78, 5) is 24.9. The smallest absolute Gasteiger partial charge is 0.411 e. The summed E-state index contributed by atoms with van der Waals surface area (Å²) in [6.07, 6.45) is -1.28. The van der Waals surface area contributed by atoms with E-state index < -0.39 is 18.2 Å². The predicted octanol–water partition coefficient (Wildman–Crippen LogP) is 5.34. The van der Waals surface area contributed by atoms with Crippen LogP contribution in [0.15, 0.2) is 78.9 Å². The Hall–Kier alpha value is -4.37. The minimum atomic E-state index is -0.691. The van der Waals surface area contributed by atoms with E-state index in [1.165, 1.54) is 24.5 Å². The molecule has 1 atom stereocenters. The van der Waals surface area contributed by atoms with Crippen LogP contribution in [0, 0.1) is 5.41 Å². The van der Waals surface area contributed by atoms with Crippen LogP contribution in [0.5, 0.6) is 5.75 Å². The summed E-state index contributed by atoms with van der Waals surface area (Å²) in [5.74, 6) is 0.0815. The molecule has 35 heavy (non-hydrogen) atoms. The number of nitrogens with two attached hydrogens (primary N) is 1. The Kier molecular flexibility index (Phi) is 7.27. The van der Waals surface area contributed by atoms with Gasteiger partial charge in [0.15, 0.2) is 6.10 Å². The molecule has 1 amide bonds. The van der Waals surface area contributed by atoms with Crippen molar-refractivity contribution >= 4 is 45.0 Å². The molecule has 0 fully saturated rings. The summed E-state index contributed by atoms with van der Waals surface area (Å²) >= 11 is 1.41. The second-order valence-electron chi connectivity index (χ2n) is 7.51. The molecule has 0 saturated heterocycles. The topological polar surface area (TPSA) is 124 Å². The number of amidine groups is 1. The number of nitrogen functional groups attached to an aromatic ring is 1. The minimum absolute atomic E-state index is 0.00645. The number of hydrogen-bond acceptors (Lipinski definition) is 7. The molecule has 178 valence electrons. The number of ether oxygens (including phenoxy) is 3. The molecule has 8 nitrogen and oxygen atoms in total. The van der Waals surface area contributed by atoms with E-state index in [0.29, 0.717) is 21.9 Å². The average molecular weight is 490 g/mol. The molecule has 4 aromatic rings. The quantitative estimate of drug-likeness (QED) is 0.174. The number of thiophene rings is 1. The van der Waals surface area contributed by atoms with Crippen LogP contribution in [0.3, 0.4) is 0 Å². The van der Waals surface area contributed by atoms with E-state index in [4.69, 9.17) is 25.4 Å². The molecule has 9 heteroatoms. The fourth-order valence-electron chi connectivity index (χ4n) is 3.44. The molecule has 0 aliphatic carbocycles. The summed E-state index contributed by atoms with van der Waals surface area (Å²) in [6, 6.07) is 23.2. The molecule has 0 radical (unpaired) electrons. The maximum Gasteiger partial charge on any atom is 0.411 e. The first-order valence-electron chi connectivity index (χ1n) is 10.7. The first-order chi connectivity index (χ1) is 16.9. The second kappa shape index (κ2) is 10.7. The monoisotopic (exact) mass is 489 g/mol. The number of esters is 1. The van der Waals surface area contributed by atoms with Crippen molar-refractivity contribution in [2.75, 3.05) is 19.0 Å². The number of carbonyl (C=O) groups excluding carboxylic acids is 2. The van der Waals surface area contributed by atoms with E-state index in [1.54, 1.807) is 18.2 Å². The highest BCUT2D eigenvalue weighted by molar-refractivity contribution is 7.20. The fourth-order valence-corrected chi connectivity index (χ4v) is 4.38. The summed E-state index contributed by atoms with van der Waals surface area (Å²) < 4.78 is 17.4. The van der Waals surface area contributed by atoms with Gasteiger partial charge in [0.2, 0.25) is 0 Å². The third-order valence-electron chi connectivity index (χ3n) is 5.12. The van der Waals surface area contributed by atoms with Crippen molar-refractivity contribution in [3.05, 3.63) is 94.9 Å². The van der Waals surface area contributed by atoms with Crippen LogP contribution in [0.1, 0.15) is 26.9 Å². The number of amides is 1. The van der Waals surface area contributed by atoms with E-state index in [-0.39, 0.29) is 12.4 Å².